The Kier molecular flexibility index (Phi) is 6.38. The van der Waals surface area contributed by atoms with Gasteiger partial charge in [-0.15, -0.1) is 11.3 Å². The zero-order valence-electron chi connectivity index (χ0n) is 14.7. The maximum atomic E-state index is 12.2. The van der Waals surface area contributed by atoms with Crippen molar-refractivity contribution in [3.63, 3.8) is 0 Å². The van der Waals surface area contributed by atoms with E-state index < -0.39 is 5.97 Å². The van der Waals surface area contributed by atoms with Crippen LogP contribution in [0.25, 0.3) is 5.57 Å². The molecule has 3 rings (SSSR count). The standard InChI is InChI=1S/C20H20N2O4S/c23-18(14-26-19(24)13-21-20(25)17-7-4-12-27-17)22-10-8-16(9-11-22)15-5-2-1-3-6-15/h1-8,12H,9-11,13-14H2,(H,21,25). The van der Waals surface area contributed by atoms with Crippen LogP contribution in [0.1, 0.15) is 21.7 Å². The molecular weight excluding hydrogens is 364 g/mol. The van der Waals surface area contributed by atoms with Crippen LogP contribution in [0.4, 0.5) is 0 Å². The van der Waals surface area contributed by atoms with Gasteiger partial charge in [0.1, 0.15) is 6.54 Å². The van der Waals surface area contributed by atoms with Crippen LogP contribution in [0.15, 0.2) is 53.9 Å². The SMILES string of the molecule is O=C(CNC(=O)c1cccs1)OCC(=O)N1CC=C(c2ccccc2)CC1. The molecule has 1 aliphatic heterocycles. The molecule has 0 saturated carbocycles. The van der Waals surface area contributed by atoms with Crippen molar-refractivity contribution >= 4 is 34.7 Å². The summed E-state index contributed by atoms with van der Waals surface area (Å²) in [7, 11) is 0. The number of nitrogens with one attached hydrogen (secondary N) is 1. The molecule has 0 spiro atoms. The molecule has 1 aromatic carbocycles. The van der Waals surface area contributed by atoms with Gasteiger partial charge in [-0.2, -0.15) is 0 Å². The van der Waals surface area contributed by atoms with Crippen LogP contribution in [0, 0.1) is 0 Å². The zero-order chi connectivity index (χ0) is 19.1. The first-order chi connectivity index (χ1) is 13.1. The van der Waals surface area contributed by atoms with E-state index >= 15 is 0 Å². The Morgan fingerprint density at radius 2 is 1.93 bits per heavy atom. The van der Waals surface area contributed by atoms with E-state index in [4.69, 9.17) is 4.74 Å². The van der Waals surface area contributed by atoms with E-state index in [1.54, 1.807) is 22.4 Å². The van der Waals surface area contributed by atoms with Gasteiger partial charge in [0.15, 0.2) is 6.61 Å². The van der Waals surface area contributed by atoms with E-state index in [0.29, 0.717) is 18.0 Å². The van der Waals surface area contributed by atoms with Crippen molar-refractivity contribution in [3.8, 4) is 0 Å². The Hall–Kier alpha value is -2.93. The number of carbonyl (C=O) groups excluding carboxylic acids is 3. The predicted octanol–water partition coefficient (Wildman–Crippen LogP) is 2.34. The predicted molar refractivity (Wildman–Crippen MR) is 103 cm³/mol. The molecule has 7 heteroatoms. The minimum atomic E-state index is -0.634. The summed E-state index contributed by atoms with van der Waals surface area (Å²) in [6.45, 7) is 0.506. The van der Waals surface area contributed by atoms with Gasteiger partial charge in [0.25, 0.3) is 11.8 Å². The fourth-order valence-corrected chi connectivity index (χ4v) is 3.38. The third-order valence-corrected chi connectivity index (χ3v) is 5.07. The summed E-state index contributed by atoms with van der Waals surface area (Å²) < 4.78 is 4.97. The van der Waals surface area contributed by atoms with Crippen LogP contribution in [-0.2, 0) is 14.3 Å². The van der Waals surface area contributed by atoms with Crippen molar-refractivity contribution in [2.45, 2.75) is 6.42 Å². The Morgan fingerprint density at radius 3 is 2.59 bits per heavy atom. The van der Waals surface area contributed by atoms with Gasteiger partial charge in [-0.3, -0.25) is 14.4 Å². The van der Waals surface area contributed by atoms with Crippen molar-refractivity contribution in [2.75, 3.05) is 26.2 Å². The first-order valence-corrected chi connectivity index (χ1v) is 9.51. The average molecular weight is 384 g/mol. The number of nitrogens with zero attached hydrogens (tertiary/aromatic N) is 1. The Morgan fingerprint density at radius 1 is 1.11 bits per heavy atom. The fourth-order valence-electron chi connectivity index (χ4n) is 2.74. The second-order valence-electron chi connectivity index (χ2n) is 6.01. The molecule has 1 aliphatic rings. The lowest BCUT2D eigenvalue weighted by Gasteiger charge is -2.26. The van der Waals surface area contributed by atoms with E-state index in [2.05, 4.69) is 17.4 Å². The van der Waals surface area contributed by atoms with Crippen LogP contribution in [0.3, 0.4) is 0 Å². The quantitative estimate of drug-likeness (QED) is 0.776. The Balaban J connectivity index is 1.40. The number of hydrogen-bond acceptors (Lipinski definition) is 5. The molecule has 6 nitrogen and oxygen atoms in total. The van der Waals surface area contributed by atoms with Crippen LogP contribution in [0.2, 0.25) is 0 Å². The van der Waals surface area contributed by atoms with Crippen LogP contribution in [-0.4, -0.2) is 48.9 Å². The summed E-state index contributed by atoms with van der Waals surface area (Å²) in [5, 5.41) is 4.25. The van der Waals surface area contributed by atoms with Gasteiger partial charge in [0, 0.05) is 13.1 Å². The lowest BCUT2D eigenvalue weighted by molar-refractivity contribution is -0.151. The molecule has 1 N–H and O–H groups in total. The number of thiophene rings is 1. The van der Waals surface area contributed by atoms with Crippen molar-refractivity contribution in [1.82, 2.24) is 10.2 Å². The Bertz CT molecular complexity index is 831. The van der Waals surface area contributed by atoms with E-state index in [9.17, 15) is 14.4 Å². The third kappa shape index (κ3) is 5.27. The van der Waals surface area contributed by atoms with Crippen molar-refractivity contribution in [3.05, 3.63) is 64.4 Å². The third-order valence-electron chi connectivity index (χ3n) is 4.20. The fraction of sp³-hybridized carbons (Fsp3) is 0.250. The normalized spacial score (nSPS) is 13.6. The molecule has 27 heavy (non-hydrogen) atoms. The molecule has 0 saturated heterocycles. The highest BCUT2D eigenvalue weighted by atomic mass is 32.1. The lowest BCUT2D eigenvalue weighted by atomic mass is 10.00. The average Bonchev–Trinajstić information content (AvgIpc) is 3.26. The summed E-state index contributed by atoms with van der Waals surface area (Å²) in [5.74, 6) is -1.20. The molecule has 2 amide bonds. The molecule has 0 unspecified atom stereocenters. The van der Waals surface area contributed by atoms with Crippen LogP contribution in [0.5, 0.6) is 0 Å². The molecule has 0 radical (unpaired) electrons. The Labute approximate surface area is 161 Å². The molecule has 0 bridgehead atoms. The van der Waals surface area contributed by atoms with E-state index in [1.807, 2.05) is 24.3 Å². The van der Waals surface area contributed by atoms with E-state index in [0.717, 1.165) is 12.0 Å². The lowest BCUT2D eigenvalue weighted by Crippen LogP contribution is -2.38. The minimum absolute atomic E-state index is 0.240. The monoisotopic (exact) mass is 384 g/mol. The highest BCUT2D eigenvalue weighted by Gasteiger charge is 2.19. The highest BCUT2D eigenvalue weighted by Crippen LogP contribution is 2.21. The first kappa shape index (κ1) is 18.8. The van der Waals surface area contributed by atoms with Gasteiger partial charge >= 0.3 is 5.97 Å². The molecule has 0 fully saturated rings. The van der Waals surface area contributed by atoms with Crippen LogP contribution < -0.4 is 5.32 Å². The minimum Gasteiger partial charge on any atom is -0.454 e. The number of esters is 1. The maximum Gasteiger partial charge on any atom is 0.325 e. The summed E-state index contributed by atoms with van der Waals surface area (Å²) in [6, 6.07) is 13.5. The smallest absolute Gasteiger partial charge is 0.325 e. The number of hydrogen-bond donors (Lipinski definition) is 1. The van der Waals surface area contributed by atoms with Crippen molar-refractivity contribution in [1.29, 1.82) is 0 Å². The number of amides is 2. The maximum absolute atomic E-state index is 12.2. The summed E-state index contributed by atoms with van der Waals surface area (Å²) in [5.41, 5.74) is 2.38. The number of ether oxygens (including phenoxy) is 1. The second kappa shape index (κ2) is 9.14. The molecule has 1 aromatic heterocycles. The number of rotatable bonds is 6. The van der Waals surface area contributed by atoms with Gasteiger partial charge in [0.2, 0.25) is 0 Å². The summed E-state index contributed by atoms with van der Waals surface area (Å²) in [4.78, 5) is 37.9. The molecule has 0 atom stereocenters. The van der Waals surface area contributed by atoms with Crippen molar-refractivity contribution < 1.29 is 19.1 Å². The molecule has 0 aliphatic carbocycles. The zero-order valence-corrected chi connectivity index (χ0v) is 15.5. The van der Waals surface area contributed by atoms with E-state index in [1.165, 1.54) is 16.9 Å². The molecule has 2 aromatic rings. The molecule has 2 heterocycles. The highest BCUT2D eigenvalue weighted by molar-refractivity contribution is 7.12. The molecular formula is C20H20N2O4S. The van der Waals surface area contributed by atoms with Gasteiger partial charge in [-0.25, -0.2) is 0 Å². The summed E-state index contributed by atoms with van der Waals surface area (Å²) >= 11 is 1.29. The molecule has 140 valence electrons. The van der Waals surface area contributed by atoms with Gasteiger partial charge in [-0.1, -0.05) is 42.5 Å². The number of carbonyl (C=O) groups is 3. The van der Waals surface area contributed by atoms with E-state index in [-0.39, 0.29) is 25.0 Å². The first-order valence-electron chi connectivity index (χ1n) is 8.63. The second-order valence-corrected chi connectivity index (χ2v) is 6.95. The topological polar surface area (TPSA) is 75.7 Å². The number of benzene rings is 1. The van der Waals surface area contributed by atoms with Gasteiger partial charge < -0.3 is 15.0 Å². The van der Waals surface area contributed by atoms with Crippen molar-refractivity contribution in [2.24, 2.45) is 0 Å². The summed E-state index contributed by atoms with van der Waals surface area (Å²) in [6.07, 6.45) is 2.79. The largest absolute Gasteiger partial charge is 0.454 e. The van der Waals surface area contributed by atoms with Gasteiger partial charge in [-0.05, 0) is 29.0 Å². The van der Waals surface area contributed by atoms with Crippen LogP contribution >= 0.6 is 11.3 Å². The van der Waals surface area contributed by atoms with Gasteiger partial charge in [0.05, 0.1) is 4.88 Å².